The van der Waals surface area contributed by atoms with Gasteiger partial charge in [0.2, 0.25) is 0 Å². The lowest BCUT2D eigenvalue weighted by atomic mass is 10.0. The van der Waals surface area contributed by atoms with Gasteiger partial charge in [-0.05, 0) is 31.5 Å². The molecule has 0 aromatic heterocycles. The highest BCUT2D eigenvalue weighted by Crippen LogP contribution is 2.34. The molecule has 1 heterocycles. The molecule has 1 aliphatic rings. The van der Waals surface area contributed by atoms with E-state index in [-0.39, 0.29) is 0 Å². The summed E-state index contributed by atoms with van der Waals surface area (Å²) in [5, 5.41) is 0. The average molecular weight is 355 g/mol. The number of rotatable bonds is 15. The Labute approximate surface area is 154 Å². The molecule has 1 aliphatic heterocycles. The van der Waals surface area contributed by atoms with Crippen LogP contribution in [0.15, 0.2) is 0 Å². The molecule has 2 heteroatoms. The van der Waals surface area contributed by atoms with Gasteiger partial charge in [-0.1, -0.05) is 104 Å². The Balaban J connectivity index is 1.93. The van der Waals surface area contributed by atoms with Crippen molar-refractivity contribution < 1.29 is 4.43 Å². The topological polar surface area (TPSA) is 9.23 Å². The molecule has 1 nitrogen and oxygen atoms in total. The fourth-order valence-corrected chi connectivity index (χ4v) is 8.45. The van der Waals surface area contributed by atoms with E-state index in [9.17, 15) is 0 Å². The van der Waals surface area contributed by atoms with E-state index < -0.39 is 8.32 Å². The number of hydrogen-bond donors (Lipinski definition) is 0. The lowest BCUT2D eigenvalue weighted by molar-refractivity contribution is 0.186. The summed E-state index contributed by atoms with van der Waals surface area (Å²) in [5.41, 5.74) is 0. The normalized spacial score (nSPS) is 18.6. The quantitative estimate of drug-likeness (QED) is 0.212. The van der Waals surface area contributed by atoms with Crippen molar-refractivity contribution in [1.82, 2.24) is 0 Å². The molecule has 0 aliphatic carbocycles. The molecule has 0 radical (unpaired) electrons. The first-order valence-electron chi connectivity index (χ1n) is 11.4. The minimum atomic E-state index is -1.32. The SMILES string of the molecule is CCCCCCCCCCCCCC(C)O[Si]1(CC)CCCCC1. The van der Waals surface area contributed by atoms with Gasteiger partial charge in [-0.15, -0.1) is 0 Å². The molecule has 1 saturated heterocycles. The zero-order valence-corrected chi connectivity index (χ0v) is 18.2. The standard InChI is InChI=1S/C22H46OSi/c1-4-6-7-8-9-10-11-12-13-14-16-19-22(3)23-24(5-2)20-17-15-18-21-24/h22H,4-21H2,1-3H3. The Morgan fingerprint density at radius 2 is 1.21 bits per heavy atom. The second-order valence-electron chi connectivity index (χ2n) is 8.35. The largest absolute Gasteiger partial charge is 0.414 e. The van der Waals surface area contributed by atoms with Gasteiger partial charge in [0.1, 0.15) is 0 Å². The maximum atomic E-state index is 6.66. The Morgan fingerprint density at radius 1 is 0.708 bits per heavy atom. The summed E-state index contributed by atoms with van der Waals surface area (Å²) in [6.45, 7) is 7.02. The highest BCUT2D eigenvalue weighted by Gasteiger charge is 2.35. The van der Waals surface area contributed by atoms with Gasteiger partial charge in [-0.2, -0.15) is 0 Å². The van der Waals surface area contributed by atoms with Crippen molar-refractivity contribution in [3.8, 4) is 0 Å². The van der Waals surface area contributed by atoms with Gasteiger partial charge in [-0.3, -0.25) is 0 Å². The first kappa shape index (κ1) is 22.2. The molecular weight excluding hydrogens is 308 g/mol. The van der Waals surface area contributed by atoms with Gasteiger partial charge in [-0.25, -0.2) is 0 Å². The van der Waals surface area contributed by atoms with Crippen molar-refractivity contribution in [3.05, 3.63) is 0 Å². The fraction of sp³-hybridized carbons (Fsp3) is 1.00. The van der Waals surface area contributed by atoms with Crippen molar-refractivity contribution in [3.63, 3.8) is 0 Å². The maximum absolute atomic E-state index is 6.66. The monoisotopic (exact) mass is 354 g/mol. The van der Waals surface area contributed by atoms with E-state index in [2.05, 4.69) is 20.8 Å². The predicted molar refractivity (Wildman–Crippen MR) is 111 cm³/mol. The molecule has 0 amide bonds. The first-order chi connectivity index (χ1) is 11.7. The van der Waals surface area contributed by atoms with Crippen LogP contribution in [0.25, 0.3) is 0 Å². The molecular formula is C22H46OSi. The van der Waals surface area contributed by atoms with E-state index in [4.69, 9.17) is 4.43 Å². The highest BCUT2D eigenvalue weighted by atomic mass is 28.4. The predicted octanol–water partition coefficient (Wildman–Crippen LogP) is 8.24. The van der Waals surface area contributed by atoms with Crippen LogP contribution in [0.3, 0.4) is 0 Å². The summed E-state index contributed by atoms with van der Waals surface area (Å²) < 4.78 is 6.66. The maximum Gasteiger partial charge on any atom is 0.192 e. The molecule has 0 bridgehead atoms. The third-order valence-corrected chi connectivity index (χ3v) is 10.8. The lowest BCUT2D eigenvalue weighted by Crippen LogP contribution is -2.42. The second-order valence-corrected chi connectivity index (χ2v) is 12.7. The summed E-state index contributed by atoms with van der Waals surface area (Å²) in [6, 6.07) is 4.22. The molecule has 1 unspecified atom stereocenters. The van der Waals surface area contributed by atoms with Gasteiger partial charge in [0.25, 0.3) is 0 Å². The van der Waals surface area contributed by atoms with Crippen LogP contribution in [0.2, 0.25) is 18.1 Å². The molecule has 144 valence electrons. The van der Waals surface area contributed by atoms with E-state index in [1.54, 1.807) is 0 Å². The summed E-state index contributed by atoms with van der Waals surface area (Å²) in [6.07, 6.45) is 22.0. The molecule has 1 fully saturated rings. The molecule has 0 aromatic carbocycles. The average Bonchev–Trinajstić information content (AvgIpc) is 2.60. The van der Waals surface area contributed by atoms with Gasteiger partial charge in [0.15, 0.2) is 8.32 Å². The van der Waals surface area contributed by atoms with Crippen LogP contribution in [0.5, 0.6) is 0 Å². The van der Waals surface area contributed by atoms with E-state index in [0.29, 0.717) is 6.10 Å². The van der Waals surface area contributed by atoms with Crippen LogP contribution in [-0.2, 0) is 4.43 Å². The van der Waals surface area contributed by atoms with E-state index in [1.165, 1.54) is 114 Å². The zero-order chi connectivity index (χ0) is 17.5. The molecule has 0 saturated carbocycles. The molecule has 0 spiro atoms. The minimum absolute atomic E-state index is 0.522. The zero-order valence-electron chi connectivity index (χ0n) is 17.2. The number of hydrogen-bond acceptors (Lipinski definition) is 1. The van der Waals surface area contributed by atoms with E-state index in [1.807, 2.05) is 0 Å². The lowest BCUT2D eigenvalue weighted by Gasteiger charge is -2.36. The van der Waals surface area contributed by atoms with Crippen LogP contribution >= 0.6 is 0 Å². The third kappa shape index (κ3) is 10.2. The van der Waals surface area contributed by atoms with Crippen LogP contribution in [0.1, 0.15) is 117 Å². The van der Waals surface area contributed by atoms with Crippen molar-refractivity contribution in [2.45, 2.75) is 141 Å². The molecule has 0 aromatic rings. The minimum Gasteiger partial charge on any atom is -0.414 e. The van der Waals surface area contributed by atoms with Gasteiger partial charge >= 0.3 is 0 Å². The number of unbranched alkanes of at least 4 members (excludes halogenated alkanes) is 10. The van der Waals surface area contributed by atoms with Crippen molar-refractivity contribution in [2.75, 3.05) is 0 Å². The van der Waals surface area contributed by atoms with Crippen molar-refractivity contribution >= 4 is 8.32 Å². The first-order valence-corrected chi connectivity index (χ1v) is 13.9. The summed E-state index contributed by atoms with van der Waals surface area (Å²) in [7, 11) is -1.32. The van der Waals surface area contributed by atoms with Crippen LogP contribution in [0, 0.1) is 0 Å². The van der Waals surface area contributed by atoms with Crippen molar-refractivity contribution in [2.24, 2.45) is 0 Å². The van der Waals surface area contributed by atoms with Gasteiger partial charge < -0.3 is 4.43 Å². The highest BCUT2D eigenvalue weighted by molar-refractivity contribution is 6.73. The Hall–Kier alpha value is 0.177. The summed E-state index contributed by atoms with van der Waals surface area (Å²) in [4.78, 5) is 0. The molecule has 1 atom stereocenters. The fourth-order valence-electron chi connectivity index (χ4n) is 4.33. The van der Waals surface area contributed by atoms with Crippen LogP contribution in [-0.4, -0.2) is 14.4 Å². The second kappa shape index (κ2) is 14.4. The van der Waals surface area contributed by atoms with Crippen molar-refractivity contribution in [1.29, 1.82) is 0 Å². The molecule has 0 N–H and O–H groups in total. The summed E-state index contributed by atoms with van der Waals surface area (Å²) in [5.74, 6) is 0. The summed E-state index contributed by atoms with van der Waals surface area (Å²) >= 11 is 0. The third-order valence-electron chi connectivity index (χ3n) is 6.07. The van der Waals surface area contributed by atoms with Gasteiger partial charge in [0, 0.05) is 6.10 Å². The van der Waals surface area contributed by atoms with E-state index in [0.717, 1.165) is 0 Å². The molecule has 24 heavy (non-hydrogen) atoms. The van der Waals surface area contributed by atoms with E-state index >= 15 is 0 Å². The smallest absolute Gasteiger partial charge is 0.192 e. The molecule has 1 rings (SSSR count). The van der Waals surface area contributed by atoms with Crippen LogP contribution in [0.4, 0.5) is 0 Å². The Morgan fingerprint density at radius 3 is 1.71 bits per heavy atom. The Bertz CT molecular complexity index is 273. The Kier molecular flexibility index (Phi) is 13.3. The van der Waals surface area contributed by atoms with Crippen LogP contribution < -0.4 is 0 Å². The van der Waals surface area contributed by atoms with Gasteiger partial charge in [0.05, 0.1) is 0 Å².